The summed E-state index contributed by atoms with van der Waals surface area (Å²) < 4.78 is 34.6. The number of carbonyl (C=O) groups is 3. The van der Waals surface area contributed by atoms with Crippen LogP contribution in [0, 0.1) is 0 Å². The lowest BCUT2D eigenvalue weighted by molar-refractivity contribution is -0.125. The molecule has 2 aromatic rings. The van der Waals surface area contributed by atoms with Crippen molar-refractivity contribution in [1.29, 1.82) is 0 Å². The highest BCUT2D eigenvalue weighted by atomic mass is 32.2. The van der Waals surface area contributed by atoms with E-state index in [0.717, 1.165) is 4.31 Å². The van der Waals surface area contributed by atoms with E-state index in [2.05, 4.69) is 10.9 Å². The Bertz CT molecular complexity index is 919. The topological polar surface area (TPSA) is 135 Å². The molecule has 0 fully saturated rings. The standard InChI is InChI=1S/C16H17N3O7S/c1-19(2)27(23,24)12-7-5-11(6-8-12)16(22)26-10-14(20)17-18-15(21)13-4-3-9-25-13/h3-9H,10H2,1-2H3,(H,17,20)(H,18,21). The normalized spacial score (nSPS) is 11.1. The lowest BCUT2D eigenvalue weighted by atomic mass is 10.2. The summed E-state index contributed by atoms with van der Waals surface area (Å²) in [7, 11) is -0.831. The first kappa shape index (κ1) is 20.1. The van der Waals surface area contributed by atoms with Crippen molar-refractivity contribution in [2.45, 2.75) is 4.90 Å². The molecular weight excluding hydrogens is 378 g/mol. The fraction of sp³-hybridized carbons (Fsp3) is 0.188. The van der Waals surface area contributed by atoms with Gasteiger partial charge in [-0.1, -0.05) is 0 Å². The number of ether oxygens (including phenoxy) is 1. The van der Waals surface area contributed by atoms with Gasteiger partial charge in [-0.05, 0) is 36.4 Å². The van der Waals surface area contributed by atoms with Crippen molar-refractivity contribution in [2.24, 2.45) is 0 Å². The molecule has 1 aromatic heterocycles. The zero-order chi connectivity index (χ0) is 20.0. The van der Waals surface area contributed by atoms with Gasteiger partial charge in [0.2, 0.25) is 10.0 Å². The Morgan fingerprint density at radius 1 is 1.07 bits per heavy atom. The van der Waals surface area contributed by atoms with Crippen LogP contribution < -0.4 is 10.9 Å². The average Bonchev–Trinajstić information content (AvgIpc) is 3.19. The molecule has 2 amide bonds. The molecule has 0 bridgehead atoms. The first-order valence-electron chi connectivity index (χ1n) is 7.54. The molecule has 2 N–H and O–H groups in total. The number of hydrazine groups is 1. The maximum Gasteiger partial charge on any atom is 0.338 e. The number of esters is 1. The van der Waals surface area contributed by atoms with Crippen LogP contribution in [-0.4, -0.2) is 51.2 Å². The Morgan fingerprint density at radius 2 is 1.74 bits per heavy atom. The third kappa shape index (κ3) is 5.15. The third-order valence-electron chi connectivity index (χ3n) is 3.26. The van der Waals surface area contributed by atoms with E-state index in [-0.39, 0.29) is 16.2 Å². The third-order valence-corrected chi connectivity index (χ3v) is 5.09. The van der Waals surface area contributed by atoms with Crippen LogP contribution in [0.4, 0.5) is 0 Å². The van der Waals surface area contributed by atoms with Crippen molar-refractivity contribution >= 4 is 27.8 Å². The Kier molecular flexibility index (Phi) is 6.32. The first-order valence-corrected chi connectivity index (χ1v) is 8.98. The molecule has 27 heavy (non-hydrogen) atoms. The Morgan fingerprint density at radius 3 is 2.30 bits per heavy atom. The van der Waals surface area contributed by atoms with Gasteiger partial charge in [0.05, 0.1) is 16.7 Å². The van der Waals surface area contributed by atoms with Crippen LogP contribution >= 0.6 is 0 Å². The van der Waals surface area contributed by atoms with E-state index in [1.807, 2.05) is 0 Å². The minimum atomic E-state index is -3.61. The highest BCUT2D eigenvalue weighted by molar-refractivity contribution is 7.89. The quantitative estimate of drug-likeness (QED) is 0.525. The Labute approximate surface area is 155 Å². The van der Waals surface area contributed by atoms with Crippen LogP contribution in [0.3, 0.4) is 0 Å². The molecule has 144 valence electrons. The molecule has 1 heterocycles. The molecular formula is C16H17N3O7S. The van der Waals surface area contributed by atoms with Crippen LogP contribution in [0.1, 0.15) is 20.9 Å². The number of carbonyl (C=O) groups excluding carboxylic acids is 3. The summed E-state index contributed by atoms with van der Waals surface area (Å²) in [6, 6.07) is 7.98. The second-order valence-corrected chi connectivity index (χ2v) is 7.52. The van der Waals surface area contributed by atoms with Gasteiger partial charge in [0, 0.05) is 14.1 Å². The molecule has 0 saturated heterocycles. The fourth-order valence-electron chi connectivity index (χ4n) is 1.82. The lowest BCUT2D eigenvalue weighted by Crippen LogP contribution is -2.43. The molecule has 0 unspecified atom stereocenters. The second-order valence-electron chi connectivity index (χ2n) is 5.37. The van der Waals surface area contributed by atoms with Gasteiger partial charge in [0.15, 0.2) is 12.4 Å². The predicted molar refractivity (Wildman–Crippen MR) is 91.9 cm³/mol. The average molecular weight is 395 g/mol. The summed E-state index contributed by atoms with van der Waals surface area (Å²) in [5.74, 6) is -2.26. The predicted octanol–water partition coefficient (Wildman–Crippen LogP) is 0.148. The van der Waals surface area contributed by atoms with E-state index in [4.69, 9.17) is 9.15 Å². The van der Waals surface area contributed by atoms with E-state index in [1.165, 1.54) is 56.8 Å². The maximum atomic E-state index is 12.0. The summed E-state index contributed by atoms with van der Waals surface area (Å²) >= 11 is 0. The maximum absolute atomic E-state index is 12.0. The molecule has 0 radical (unpaired) electrons. The van der Waals surface area contributed by atoms with Crippen LogP contribution in [0.2, 0.25) is 0 Å². The number of nitrogens with one attached hydrogen (secondary N) is 2. The number of nitrogens with zero attached hydrogens (tertiary/aromatic N) is 1. The van der Waals surface area contributed by atoms with Crippen LogP contribution in [-0.2, 0) is 19.6 Å². The first-order chi connectivity index (χ1) is 12.7. The van der Waals surface area contributed by atoms with Crippen molar-refractivity contribution < 1.29 is 32.0 Å². The van der Waals surface area contributed by atoms with E-state index in [9.17, 15) is 22.8 Å². The summed E-state index contributed by atoms with van der Waals surface area (Å²) in [5.41, 5.74) is 4.22. The summed E-state index contributed by atoms with van der Waals surface area (Å²) in [6.45, 7) is -0.644. The molecule has 2 rings (SSSR count). The van der Waals surface area contributed by atoms with E-state index in [0.29, 0.717) is 0 Å². The van der Waals surface area contributed by atoms with Gasteiger partial charge < -0.3 is 9.15 Å². The minimum Gasteiger partial charge on any atom is -0.459 e. The van der Waals surface area contributed by atoms with Gasteiger partial charge in [-0.15, -0.1) is 0 Å². The Hall–Kier alpha value is -3.18. The monoisotopic (exact) mass is 395 g/mol. The summed E-state index contributed by atoms with van der Waals surface area (Å²) in [5, 5.41) is 0. The second kappa shape index (κ2) is 8.47. The molecule has 0 saturated carbocycles. The van der Waals surface area contributed by atoms with Crippen LogP contribution in [0.5, 0.6) is 0 Å². The lowest BCUT2D eigenvalue weighted by Gasteiger charge is -2.11. The molecule has 1 aromatic carbocycles. The highest BCUT2D eigenvalue weighted by Gasteiger charge is 2.18. The minimum absolute atomic E-state index is 0.0000565. The van der Waals surface area contributed by atoms with Crippen molar-refractivity contribution in [3.05, 3.63) is 54.0 Å². The van der Waals surface area contributed by atoms with Gasteiger partial charge in [-0.3, -0.25) is 20.4 Å². The van der Waals surface area contributed by atoms with E-state index >= 15 is 0 Å². The number of sulfonamides is 1. The van der Waals surface area contributed by atoms with Crippen molar-refractivity contribution in [2.75, 3.05) is 20.7 Å². The molecule has 0 aliphatic heterocycles. The summed E-state index contributed by atoms with van der Waals surface area (Å²) in [6.07, 6.45) is 1.30. The zero-order valence-electron chi connectivity index (χ0n) is 14.5. The largest absolute Gasteiger partial charge is 0.459 e. The number of hydrogen-bond acceptors (Lipinski definition) is 7. The van der Waals surface area contributed by atoms with Gasteiger partial charge in [0.1, 0.15) is 0 Å². The number of benzene rings is 1. The number of amides is 2. The highest BCUT2D eigenvalue weighted by Crippen LogP contribution is 2.14. The van der Waals surface area contributed by atoms with Crippen molar-refractivity contribution in [3.8, 4) is 0 Å². The number of rotatable bonds is 6. The van der Waals surface area contributed by atoms with Gasteiger partial charge in [-0.2, -0.15) is 0 Å². The SMILES string of the molecule is CN(C)S(=O)(=O)c1ccc(C(=O)OCC(=O)NNC(=O)c2ccco2)cc1. The molecule has 11 heteroatoms. The molecule has 0 aliphatic rings. The smallest absolute Gasteiger partial charge is 0.338 e. The van der Waals surface area contributed by atoms with E-state index in [1.54, 1.807) is 0 Å². The fourth-order valence-corrected chi connectivity index (χ4v) is 2.72. The Balaban J connectivity index is 1.84. The molecule has 0 spiro atoms. The summed E-state index contributed by atoms with van der Waals surface area (Å²) in [4.78, 5) is 35.1. The van der Waals surface area contributed by atoms with Crippen molar-refractivity contribution in [1.82, 2.24) is 15.2 Å². The molecule has 0 aliphatic carbocycles. The number of hydrogen-bond donors (Lipinski definition) is 2. The van der Waals surface area contributed by atoms with Crippen LogP contribution in [0.15, 0.2) is 52.0 Å². The zero-order valence-corrected chi connectivity index (χ0v) is 15.3. The van der Waals surface area contributed by atoms with Gasteiger partial charge >= 0.3 is 11.9 Å². The van der Waals surface area contributed by atoms with Gasteiger partial charge in [-0.25, -0.2) is 17.5 Å². The van der Waals surface area contributed by atoms with Gasteiger partial charge in [0.25, 0.3) is 5.91 Å². The molecule has 10 nitrogen and oxygen atoms in total. The number of furan rings is 1. The van der Waals surface area contributed by atoms with E-state index < -0.39 is 34.4 Å². The van der Waals surface area contributed by atoms with Crippen LogP contribution in [0.25, 0.3) is 0 Å². The van der Waals surface area contributed by atoms with Crippen molar-refractivity contribution in [3.63, 3.8) is 0 Å². The molecule has 0 atom stereocenters.